The van der Waals surface area contributed by atoms with Crippen LogP contribution in [-0.2, 0) is 7.05 Å². The number of aromatic carboxylic acids is 1. The molecule has 2 heterocycles. The van der Waals surface area contributed by atoms with E-state index < -0.39 is 5.97 Å². The Morgan fingerprint density at radius 3 is 2.88 bits per heavy atom. The van der Waals surface area contributed by atoms with Gasteiger partial charge < -0.3 is 9.67 Å². The molecule has 2 aromatic heterocycles. The van der Waals surface area contributed by atoms with Crippen molar-refractivity contribution in [2.45, 2.75) is 10.1 Å². The van der Waals surface area contributed by atoms with E-state index in [4.69, 9.17) is 5.11 Å². The van der Waals surface area contributed by atoms with Gasteiger partial charge in [0, 0.05) is 30.5 Å². The fraction of sp³-hybridized carbons (Fsp3) is 0.100. The third-order valence-electron chi connectivity index (χ3n) is 1.95. The minimum Gasteiger partial charge on any atom is -0.476 e. The summed E-state index contributed by atoms with van der Waals surface area (Å²) in [6.07, 6.45) is 4.93. The summed E-state index contributed by atoms with van der Waals surface area (Å²) in [5.74, 6) is -1.03. The Morgan fingerprint density at radius 2 is 2.25 bits per heavy atom. The number of carboxylic acid groups (broad SMARTS) is 1. The molecule has 2 aromatic rings. The van der Waals surface area contributed by atoms with Crippen LogP contribution < -0.4 is 0 Å². The molecule has 0 aromatic carbocycles. The minimum absolute atomic E-state index is 0.0514. The molecule has 0 aliphatic heterocycles. The lowest BCUT2D eigenvalue weighted by molar-refractivity contribution is 0.0686. The summed E-state index contributed by atoms with van der Waals surface area (Å²) in [4.78, 5) is 19.5. The second kappa shape index (κ2) is 4.36. The van der Waals surface area contributed by atoms with Crippen LogP contribution in [-0.4, -0.2) is 25.6 Å². The van der Waals surface area contributed by atoms with E-state index in [1.807, 2.05) is 11.6 Å². The maximum atomic E-state index is 10.9. The topological polar surface area (TPSA) is 68.0 Å². The Labute approximate surface area is 96.2 Å². The van der Waals surface area contributed by atoms with E-state index in [0.717, 1.165) is 5.16 Å². The third kappa shape index (κ3) is 2.06. The first-order valence-electron chi connectivity index (χ1n) is 4.52. The van der Waals surface area contributed by atoms with E-state index in [0.29, 0.717) is 4.90 Å². The van der Waals surface area contributed by atoms with Crippen LogP contribution in [0.4, 0.5) is 0 Å². The van der Waals surface area contributed by atoms with Crippen molar-refractivity contribution in [3.8, 4) is 0 Å². The van der Waals surface area contributed by atoms with Gasteiger partial charge in [0.05, 0.1) is 0 Å². The zero-order valence-corrected chi connectivity index (χ0v) is 9.31. The zero-order valence-electron chi connectivity index (χ0n) is 8.49. The van der Waals surface area contributed by atoms with Crippen molar-refractivity contribution in [2.75, 3.05) is 0 Å². The molecule has 0 saturated carbocycles. The van der Waals surface area contributed by atoms with Crippen LogP contribution in [0.1, 0.15) is 10.5 Å². The summed E-state index contributed by atoms with van der Waals surface area (Å²) in [6, 6.07) is 3.42. The van der Waals surface area contributed by atoms with E-state index >= 15 is 0 Å². The third-order valence-corrected chi connectivity index (χ3v) is 3.08. The number of aromatic nitrogens is 3. The SMILES string of the molecule is Cn1ccnc1Sc1cccnc1C(=O)O. The van der Waals surface area contributed by atoms with Crippen molar-refractivity contribution in [3.63, 3.8) is 0 Å². The highest BCUT2D eigenvalue weighted by Crippen LogP contribution is 2.27. The van der Waals surface area contributed by atoms with Crippen LogP contribution in [0.25, 0.3) is 0 Å². The lowest BCUT2D eigenvalue weighted by atomic mass is 10.3. The smallest absolute Gasteiger partial charge is 0.355 e. The van der Waals surface area contributed by atoms with Crippen molar-refractivity contribution in [1.29, 1.82) is 0 Å². The van der Waals surface area contributed by atoms with Gasteiger partial charge in [-0.2, -0.15) is 0 Å². The van der Waals surface area contributed by atoms with Gasteiger partial charge in [0.1, 0.15) is 0 Å². The number of carboxylic acids is 1. The first-order chi connectivity index (χ1) is 7.68. The minimum atomic E-state index is -1.03. The number of carbonyl (C=O) groups is 1. The van der Waals surface area contributed by atoms with Crippen LogP contribution in [0.15, 0.2) is 40.8 Å². The average molecular weight is 235 g/mol. The second-order valence-corrected chi connectivity index (χ2v) is 4.09. The lowest BCUT2D eigenvalue weighted by Gasteiger charge is -2.03. The average Bonchev–Trinajstić information content (AvgIpc) is 2.65. The molecule has 0 atom stereocenters. The number of hydrogen-bond acceptors (Lipinski definition) is 4. The Hall–Kier alpha value is -1.82. The molecule has 0 amide bonds. The second-order valence-electron chi connectivity index (χ2n) is 3.08. The van der Waals surface area contributed by atoms with Gasteiger partial charge in [0.2, 0.25) is 0 Å². The van der Waals surface area contributed by atoms with Gasteiger partial charge in [-0.3, -0.25) is 0 Å². The van der Waals surface area contributed by atoms with Crippen LogP contribution in [0.3, 0.4) is 0 Å². The molecule has 0 radical (unpaired) electrons. The molecular weight excluding hydrogens is 226 g/mol. The standard InChI is InChI=1S/C10H9N3O2S/c1-13-6-5-12-10(13)16-7-3-2-4-11-8(7)9(14)15/h2-6H,1H3,(H,14,15). The Kier molecular flexibility index (Phi) is 2.91. The van der Waals surface area contributed by atoms with Crippen LogP contribution in [0.2, 0.25) is 0 Å². The predicted molar refractivity (Wildman–Crippen MR) is 58.5 cm³/mol. The summed E-state index contributed by atoms with van der Waals surface area (Å²) in [7, 11) is 1.85. The van der Waals surface area contributed by atoms with E-state index in [9.17, 15) is 4.79 Å². The molecule has 82 valence electrons. The number of nitrogens with zero attached hydrogens (tertiary/aromatic N) is 3. The van der Waals surface area contributed by atoms with E-state index in [1.165, 1.54) is 18.0 Å². The first kappa shape index (κ1) is 10.7. The molecule has 6 heteroatoms. The quantitative estimate of drug-likeness (QED) is 0.876. The van der Waals surface area contributed by atoms with Gasteiger partial charge in [-0.25, -0.2) is 14.8 Å². The molecule has 5 nitrogen and oxygen atoms in total. The highest BCUT2D eigenvalue weighted by molar-refractivity contribution is 7.99. The molecule has 0 saturated heterocycles. The number of aryl methyl sites for hydroxylation is 1. The lowest BCUT2D eigenvalue weighted by Crippen LogP contribution is -2.02. The van der Waals surface area contributed by atoms with Crippen LogP contribution in [0, 0.1) is 0 Å². The maximum absolute atomic E-state index is 10.9. The molecule has 0 fully saturated rings. The summed E-state index contributed by atoms with van der Waals surface area (Å²) < 4.78 is 1.82. The summed E-state index contributed by atoms with van der Waals surface area (Å²) in [5, 5.41) is 9.69. The zero-order chi connectivity index (χ0) is 11.5. The predicted octanol–water partition coefficient (Wildman–Crippen LogP) is 1.66. The van der Waals surface area contributed by atoms with Crippen molar-refractivity contribution in [2.24, 2.45) is 7.05 Å². The van der Waals surface area contributed by atoms with E-state index in [1.54, 1.807) is 24.5 Å². The molecule has 0 bridgehead atoms. The molecule has 0 aliphatic carbocycles. The molecular formula is C10H9N3O2S. The summed E-state index contributed by atoms with van der Waals surface area (Å²) in [6.45, 7) is 0. The van der Waals surface area contributed by atoms with Gasteiger partial charge in [-0.15, -0.1) is 0 Å². The molecule has 2 rings (SSSR count). The monoisotopic (exact) mass is 235 g/mol. The normalized spacial score (nSPS) is 10.3. The fourth-order valence-corrected chi connectivity index (χ4v) is 2.08. The molecule has 0 aliphatic rings. The Balaban J connectivity index is 2.35. The summed E-state index contributed by atoms with van der Waals surface area (Å²) in [5.41, 5.74) is 0.0514. The van der Waals surface area contributed by atoms with Gasteiger partial charge >= 0.3 is 5.97 Å². The van der Waals surface area contributed by atoms with Crippen LogP contribution in [0.5, 0.6) is 0 Å². The molecule has 0 spiro atoms. The number of pyridine rings is 1. The summed E-state index contributed by atoms with van der Waals surface area (Å²) >= 11 is 1.28. The van der Waals surface area contributed by atoms with Gasteiger partial charge in [-0.1, -0.05) is 0 Å². The molecule has 1 N–H and O–H groups in total. The van der Waals surface area contributed by atoms with Gasteiger partial charge in [0.25, 0.3) is 0 Å². The highest BCUT2D eigenvalue weighted by atomic mass is 32.2. The molecule has 16 heavy (non-hydrogen) atoms. The highest BCUT2D eigenvalue weighted by Gasteiger charge is 2.13. The van der Waals surface area contributed by atoms with E-state index in [-0.39, 0.29) is 5.69 Å². The maximum Gasteiger partial charge on any atom is 0.355 e. The fourth-order valence-electron chi connectivity index (χ4n) is 1.18. The van der Waals surface area contributed by atoms with Crippen LogP contribution >= 0.6 is 11.8 Å². The number of imidazole rings is 1. The van der Waals surface area contributed by atoms with E-state index in [2.05, 4.69) is 9.97 Å². The van der Waals surface area contributed by atoms with Crippen molar-refractivity contribution < 1.29 is 9.90 Å². The van der Waals surface area contributed by atoms with Crippen molar-refractivity contribution >= 4 is 17.7 Å². The number of hydrogen-bond donors (Lipinski definition) is 1. The largest absolute Gasteiger partial charge is 0.476 e. The Bertz CT molecular complexity index is 524. The van der Waals surface area contributed by atoms with Gasteiger partial charge in [0.15, 0.2) is 10.9 Å². The van der Waals surface area contributed by atoms with Crippen molar-refractivity contribution in [3.05, 3.63) is 36.4 Å². The molecule has 0 unspecified atom stereocenters. The number of rotatable bonds is 3. The van der Waals surface area contributed by atoms with Gasteiger partial charge in [-0.05, 0) is 23.9 Å². The Morgan fingerprint density at radius 1 is 1.44 bits per heavy atom. The van der Waals surface area contributed by atoms with Crippen molar-refractivity contribution in [1.82, 2.24) is 14.5 Å². The first-order valence-corrected chi connectivity index (χ1v) is 5.33.